The fraction of sp³-hybridized carbons (Fsp3) is 0.391. The minimum Gasteiger partial charge on any atom is -0.346 e. The van der Waals surface area contributed by atoms with Crippen LogP contribution in [-0.4, -0.2) is 44.4 Å². The Morgan fingerprint density at radius 3 is 2.03 bits per heavy atom. The molecule has 0 unspecified atom stereocenters. The van der Waals surface area contributed by atoms with Gasteiger partial charge in [-0.1, -0.05) is 15.9 Å². The minimum absolute atomic E-state index is 0.139. The first kappa shape index (κ1) is 23.3. The molecule has 2 aromatic carbocycles. The lowest BCUT2D eigenvalue weighted by molar-refractivity contribution is -0.0446. The summed E-state index contributed by atoms with van der Waals surface area (Å²) in [4.78, 5) is 24.1. The summed E-state index contributed by atoms with van der Waals surface area (Å²) in [7, 11) is 3.35. The lowest BCUT2D eigenvalue weighted by Gasteiger charge is -2.13. The summed E-state index contributed by atoms with van der Waals surface area (Å²) in [6, 6.07) is 7.74. The highest BCUT2D eigenvalue weighted by atomic mass is 79.9. The van der Waals surface area contributed by atoms with Crippen LogP contribution in [-0.2, 0) is 9.47 Å². The van der Waals surface area contributed by atoms with E-state index in [1.165, 1.54) is 16.0 Å². The number of hydrogen-bond donors (Lipinski definition) is 0. The van der Waals surface area contributed by atoms with Gasteiger partial charge in [0, 0.05) is 29.7 Å². The van der Waals surface area contributed by atoms with Crippen LogP contribution in [0.2, 0.25) is 0 Å². The highest BCUT2D eigenvalue weighted by Gasteiger charge is 2.21. The summed E-state index contributed by atoms with van der Waals surface area (Å²) in [6.45, 7) is 9.41. The fourth-order valence-electron chi connectivity index (χ4n) is 2.88. The Morgan fingerprint density at radius 2 is 1.48 bits per heavy atom. The van der Waals surface area contributed by atoms with Crippen molar-refractivity contribution in [3.63, 3.8) is 0 Å². The molecule has 6 heteroatoms. The van der Waals surface area contributed by atoms with Crippen LogP contribution in [0.1, 0.15) is 54.8 Å². The van der Waals surface area contributed by atoms with Crippen molar-refractivity contribution in [2.75, 3.05) is 27.3 Å². The number of halogens is 1. The summed E-state index contributed by atoms with van der Waals surface area (Å²) in [5, 5.41) is 0. The quantitative estimate of drug-likeness (QED) is 0.608. The third-order valence-corrected chi connectivity index (χ3v) is 5.60. The number of carbonyl (C=O) groups excluding carboxylic acids is 2. The van der Waals surface area contributed by atoms with Crippen LogP contribution in [0.15, 0.2) is 28.7 Å². The maximum Gasteiger partial charge on any atom is 0.254 e. The third kappa shape index (κ3) is 5.75. The lowest BCUT2D eigenvalue weighted by atomic mass is 10.00. The Kier molecular flexibility index (Phi) is 8.14. The lowest BCUT2D eigenvalue weighted by Crippen LogP contribution is -2.23. The van der Waals surface area contributed by atoms with Crippen LogP contribution in [0.4, 0.5) is 0 Å². The molecule has 2 aromatic rings. The molecule has 1 saturated heterocycles. The summed E-state index contributed by atoms with van der Waals surface area (Å²) in [5.74, 6) is -0.139. The van der Waals surface area contributed by atoms with Crippen molar-refractivity contribution in [1.82, 2.24) is 4.90 Å². The van der Waals surface area contributed by atoms with E-state index in [-0.39, 0.29) is 12.2 Å². The molecule has 0 atom stereocenters. The van der Waals surface area contributed by atoms with Gasteiger partial charge in [0.25, 0.3) is 5.91 Å². The van der Waals surface area contributed by atoms with Gasteiger partial charge in [0.15, 0.2) is 12.6 Å². The van der Waals surface area contributed by atoms with Crippen molar-refractivity contribution in [2.45, 2.75) is 34.0 Å². The van der Waals surface area contributed by atoms with E-state index in [0.717, 1.165) is 27.4 Å². The molecule has 1 heterocycles. The molecule has 0 radical (unpaired) electrons. The molecule has 29 heavy (non-hydrogen) atoms. The molecule has 1 amide bonds. The van der Waals surface area contributed by atoms with E-state index in [2.05, 4.69) is 41.9 Å². The number of aldehydes is 1. The predicted octanol–water partition coefficient (Wildman–Crippen LogP) is 4.93. The summed E-state index contributed by atoms with van der Waals surface area (Å²) >= 11 is 3.53. The van der Waals surface area contributed by atoms with Crippen LogP contribution in [0.25, 0.3) is 0 Å². The van der Waals surface area contributed by atoms with E-state index in [9.17, 15) is 9.59 Å². The third-order valence-electron chi connectivity index (χ3n) is 4.92. The van der Waals surface area contributed by atoms with Gasteiger partial charge in [-0.2, -0.15) is 0 Å². The van der Waals surface area contributed by atoms with Crippen LogP contribution < -0.4 is 0 Å². The van der Waals surface area contributed by atoms with Gasteiger partial charge in [-0.05, 0) is 74.2 Å². The monoisotopic (exact) mass is 461 g/mol. The van der Waals surface area contributed by atoms with E-state index in [0.29, 0.717) is 24.3 Å². The molecule has 156 valence electrons. The normalized spacial score (nSPS) is 13.6. The topological polar surface area (TPSA) is 55.8 Å². The van der Waals surface area contributed by atoms with Gasteiger partial charge in [-0.15, -0.1) is 0 Å². The maximum atomic E-state index is 11.8. The van der Waals surface area contributed by atoms with Crippen molar-refractivity contribution >= 4 is 28.1 Å². The zero-order valence-electron chi connectivity index (χ0n) is 17.8. The molecule has 1 aliphatic rings. The average molecular weight is 462 g/mol. The Labute approximate surface area is 181 Å². The van der Waals surface area contributed by atoms with Gasteiger partial charge in [0.1, 0.15) is 0 Å². The van der Waals surface area contributed by atoms with Crippen molar-refractivity contribution in [2.24, 2.45) is 0 Å². The molecule has 1 aliphatic heterocycles. The molecule has 0 saturated carbocycles. The standard InChI is InChI=1S/C12H15NO2.C11H13BrO2/c1-8-5-10(7-14)11(6-9(8)2)12(15)13(3)4;1-7-5-9(10(12)6-8(7)2)11-13-3-4-14-11/h5-7H,1-4H3;5-6,11H,3-4H2,1-2H3. The second-order valence-electron chi connectivity index (χ2n) is 7.37. The van der Waals surface area contributed by atoms with Crippen molar-refractivity contribution in [3.8, 4) is 0 Å². The maximum absolute atomic E-state index is 11.8. The first-order chi connectivity index (χ1) is 13.6. The predicted molar refractivity (Wildman–Crippen MR) is 118 cm³/mol. The zero-order chi connectivity index (χ0) is 21.7. The van der Waals surface area contributed by atoms with E-state index in [1.54, 1.807) is 26.2 Å². The van der Waals surface area contributed by atoms with Crippen LogP contribution in [0.5, 0.6) is 0 Å². The fourth-order valence-corrected chi connectivity index (χ4v) is 3.53. The molecule has 0 bridgehead atoms. The zero-order valence-corrected chi connectivity index (χ0v) is 19.4. The van der Waals surface area contributed by atoms with Crippen molar-refractivity contribution < 1.29 is 19.1 Å². The molecule has 5 nitrogen and oxygen atoms in total. The molecule has 0 aromatic heterocycles. The van der Waals surface area contributed by atoms with E-state index < -0.39 is 0 Å². The molecule has 0 N–H and O–H groups in total. The number of rotatable bonds is 3. The van der Waals surface area contributed by atoms with E-state index in [1.807, 2.05) is 13.8 Å². The Hall–Kier alpha value is -2.02. The molecule has 0 aliphatic carbocycles. The summed E-state index contributed by atoms with van der Waals surface area (Å²) in [5.41, 5.74) is 6.60. The van der Waals surface area contributed by atoms with Gasteiger partial charge in [0.05, 0.1) is 18.8 Å². The number of aryl methyl sites for hydroxylation is 4. The summed E-state index contributed by atoms with van der Waals surface area (Å²) < 4.78 is 12.0. The highest BCUT2D eigenvalue weighted by Crippen LogP contribution is 2.31. The number of nitrogens with zero attached hydrogens (tertiary/aromatic N) is 1. The van der Waals surface area contributed by atoms with Crippen LogP contribution >= 0.6 is 15.9 Å². The average Bonchev–Trinajstić information content (AvgIpc) is 3.20. The van der Waals surface area contributed by atoms with Gasteiger partial charge in [-0.3, -0.25) is 9.59 Å². The molecular weight excluding hydrogens is 434 g/mol. The first-order valence-corrected chi connectivity index (χ1v) is 10.2. The minimum atomic E-state index is -0.191. The van der Waals surface area contributed by atoms with Crippen molar-refractivity contribution in [3.05, 3.63) is 67.7 Å². The van der Waals surface area contributed by atoms with Gasteiger partial charge >= 0.3 is 0 Å². The molecule has 1 fully saturated rings. The number of benzene rings is 2. The largest absolute Gasteiger partial charge is 0.346 e. The second-order valence-corrected chi connectivity index (χ2v) is 8.23. The SMILES string of the molecule is Cc1cc(Br)c(C2OCCO2)cc1C.Cc1cc(C=O)c(C(=O)N(C)C)cc1C. The molecule has 0 spiro atoms. The van der Waals surface area contributed by atoms with Gasteiger partial charge < -0.3 is 14.4 Å². The Bertz CT molecular complexity index is 902. The Balaban J connectivity index is 0.000000207. The number of ether oxygens (including phenoxy) is 2. The van der Waals surface area contributed by atoms with Gasteiger partial charge in [-0.25, -0.2) is 0 Å². The smallest absolute Gasteiger partial charge is 0.254 e. The number of hydrogen-bond acceptors (Lipinski definition) is 4. The van der Waals surface area contributed by atoms with Gasteiger partial charge in [0.2, 0.25) is 0 Å². The second kappa shape index (κ2) is 10.1. The van der Waals surface area contributed by atoms with Crippen LogP contribution in [0, 0.1) is 27.7 Å². The molecule has 3 rings (SSSR count). The Morgan fingerprint density at radius 1 is 0.966 bits per heavy atom. The van der Waals surface area contributed by atoms with E-state index in [4.69, 9.17) is 9.47 Å². The van der Waals surface area contributed by atoms with E-state index >= 15 is 0 Å². The highest BCUT2D eigenvalue weighted by molar-refractivity contribution is 9.10. The molecular formula is C23H28BrNO4. The number of carbonyl (C=O) groups is 2. The first-order valence-electron chi connectivity index (χ1n) is 9.43. The summed E-state index contributed by atoms with van der Waals surface area (Å²) in [6.07, 6.45) is 0.534. The number of amides is 1. The van der Waals surface area contributed by atoms with Crippen LogP contribution in [0.3, 0.4) is 0 Å². The van der Waals surface area contributed by atoms with Crippen molar-refractivity contribution in [1.29, 1.82) is 0 Å².